The third-order valence-electron chi connectivity index (χ3n) is 3.25. The monoisotopic (exact) mass is 280 g/mol. The van der Waals surface area contributed by atoms with Crippen molar-refractivity contribution >= 4 is 21.6 Å². The summed E-state index contributed by atoms with van der Waals surface area (Å²) in [6.45, 7) is 3.27. The van der Waals surface area contributed by atoms with Gasteiger partial charge in [0.05, 0.1) is 0 Å². The summed E-state index contributed by atoms with van der Waals surface area (Å²) in [5, 5.41) is 12.0. The van der Waals surface area contributed by atoms with E-state index in [9.17, 15) is 0 Å². The van der Waals surface area contributed by atoms with Gasteiger partial charge in [-0.25, -0.2) is 0 Å². The molecule has 0 radical (unpaired) electrons. The maximum absolute atomic E-state index is 4.32. The van der Waals surface area contributed by atoms with Gasteiger partial charge in [0.2, 0.25) is 0 Å². The minimum atomic E-state index is 0.462. The van der Waals surface area contributed by atoms with Crippen LogP contribution in [0.3, 0.4) is 0 Å². The normalized spacial score (nSPS) is 25.4. The summed E-state index contributed by atoms with van der Waals surface area (Å²) < 4.78 is 3.14. The second kappa shape index (κ2) is 3.82. The highest BCUT2D eigenvalue weighted by molar-refractivity contribution is 9.10. The summed E-state index contributed by atoms with van der Waals surface area (Å²) in [6, 6.07) is 4.45. The van der Waals surface area contributed by atoms with Crippen LogP contribution < -0.4 is 5.32 Å². The average molecular weight is 281 g/mol. The van der Waals surface area contributed by atoms with E-state index < -0.39 is 0 Å². The largest absolute Gasteiger partial charge is 0.314 e. The molecule has 1 aliphatic rings. The molecule has 4 nitrogen and oxygen atoms in total. The third-order valence-corrected chi connectivity index (χ3v) is 3.72. The van der Waals surface area contributed by atoms with E-state index >= 15 is 0 Å². The Morgan fingerprint density at radius 3 is 3.06 bits per heavy atom. The van der Waals surface area contributed by atoms with Gasteiger partial charge in [-0.05, 0) is 48.0 Å². The number of nitrogens with zero attached hydrogens (tertiary/aromatic N) is 3. The van der Waals surface area contributed by atoms with Crippen LogP contribution in [0.15, 0.2) is 22.8 Å². The van der Waals surface area contributed by atoms with E-state index in [0.717, 1.165) is 28.9 Å². The molecule has 1 saturated heterocycles. The number of hydrogen-bond acceptors (Lipinski definition) is 3. The van der Waals surface area contributed by atoms with E-state index in [-0.39, 0.29) is 0 Å². The fourth-order valence-corrected chi connectivity index (χ4v) is 2.68. The number of fused-ring (bicyclic) bond motifs is 1. The Balaban J connectivity index is 2.12. The summed E-state index contributed by atoms with van der Waals surface area (Å²) in [4.78, 5) is 0. The van der Waals surface area contributed by atoms with Gasteiger partial charge in [-0.2, -0.15) is 0 Å². The third kappa shape index (κ3) is 1.55. The van der Waals surface area contributed by atoms with Crippen molar-refractivity contribution in [2.75, 3.05) is 6.54 Å². The lowest BCUT2D eigenvalue weighted by molar-refractivity contribution is 0.563. The molecule has 2 aromatic heterocycles. The van der Waals surface area contributed by atoms with Gasteiger partial charge >= 0.3 is 0 Å². The standard InChI is InChI=1S/C11H13BrN4/c1-7-9(4-5-13-7)11-15-14-10-3-2-8(12)6-16(10)11/h2-3,6-7,9,13H,4-5H2,1H3. The lowest BCUT2D eigenvalue weighted by Crippen LogP contribution is -2.22. The van der Waals surface area contributed by atoms with Gasteiger partial charge < -0.3 is 5.32 Å². The number of rotatable bonds is 1. The van der Waals surface area contributed by atoms with Crippen molar-refractivity contribution in [3.05, 3.63) is 28.6 Å². The van der Waals surface area contributed by atoms with Crippen molar-refractivity contribution in [3.8, 4) is 0 Å². The lowest BCUT2D eigenvalue weighted by atomic mass is 10.0. The second-order valence-electron chi connectivity index (χ2n) is 4.27. The van der Waals surface area contributed by atoms with Crippen LogP contribution in [0.4, 0.5) is 0 Å². The highest BCUT2D eigenvalue weighted by atomic mass is 79.9. The molecule has 2 unspecified atom stereocenters. The number of halogens is 1. The van der Waals surface area contributed by atoms with Crippen molar-refractivity contribution < 1.29 is 0 Å². The summed E-state index contributed by atoms with van der Waals surface area (Å²) in [6.07, 6.45) is 3.17. The molecule has 3 rings (SSSR count). The zero-order valence-electron chi connectivity index (χ0n) is 9.02. The number of aromatic nitrogens is 3. The number of nitrogens with one attached hydrogen (secondary N) is 1. The Hall–Kier alpha value is -0.940. The molecule has 1 N–H and O–H groups in total. The maximum atomic E-state index is 4.32. The van der Waals surface area contributed by atoms with Gasteiger partial charge in [0.25, 0.3) is 0 Å². The molecule has 84 valence electrons. The predicted molar refractivity (Wildman–Crippen MR) is 65.5 cm³/mol. The Labute approximate surface area is 102 Å². The molecular formula is C11H13BrN4. The molecule has 3 heterocycles. The fourth-order valence-electron chi connectivity index (χ4n) is 2.35. The highest BCUT2D eigenvalue weighted by Gasteiger charge is 2.28. The minimum absolute atomic E-state index is 0.462. The van der Waals surface area contributed by atoms with Crippen LogP contribution in [0, 0.1) is 0 Å². The molecule has 5 heteroatoms. The van der Waals surface area contributed by atoms with E-state index in [1.807, 2.05) is 18.3 Å². The van der Waals surface area contributed by atoms with E-state index in [4.69, 9.17) is 0 Å². The summed E-state index contributed by atoms with van der Waals surface area (Å²) >= 11 is 3.48. The first-order valence-corrected chi connectivity index (χ1v) is 6.28. The topological polar surface area (TPSA) is 42.2 Å². The van der Waals surface area contributed by atoms with Crippen LogP contribution in [0.1, 0.15) is 25.1 Å². The zero-order chi connectivity index (χ0) is 11.1. The Morgan fingerprint density at radius 2 is 2.31 bits per heavy atom. The first-order chi connectivity index (χ1) is 7.75. The molecule has 0 aliphatic carbocycles. The van der Waals surface area contributed by atoms with E-state index in [1.54, 1.807) is 0 Å². The quantitative estimate of drug-likeness (QED) is 0.868. The molecule has 2 atom stereocenters. The van der Waals surface area contributed by atoms with Gasteiger partial charge in [0.1, 0.15) is 5.82 Å². The molecule has 2 aromatic rings. The predicted octanol–water partition coefficient (Wildman–Crippen LogP) is 1.96. The summed E-state index contributed by atoms with van der Waals surface area (Å²) in [5.74, 6) is 1.53. The minimum Gasteiger partial charge on any atom is -0.314 e. The van der Waals surface area contributed by atoms with Gasteiger partial charge in [0.15, 0.2) is 5.65 Å². The number of hydrogen-bond donors (Lipinski definition) is 1. The SMILES string of the molecule is CC1NCCC1c1nnc2ccc(Br)cn12. The second-order valence-corrected chi connectivity index (χ2v) is 5.19. The van der Waals surface area contributed by atoms with Crippen LogP contribution in [0.2, 0.25) is 0 Å². The van der Waals surface area contributed by atoms with Gasteiger partial charge in [-0.1, -0.05) is 0 Å². The molecular weight excluding hydrogens is 268 g/mol. The molecule has 1 fully saturated rings. The fraction of sp³-hybridized carbons (Fsp3) is 0.455. The van der Waals surface area contributed by atoms with E-state index in [1.165, 1.54) is 0 Å². The number of pyridine rings is 1. The van der Waals surface area contributed by atoms with E-state index in [0.29, 0.717) is 12.0 Å². The lowest BCUT2D eigenvalue weighted by Gasteiger charge is -2.12. The van der Waals surface area contributed by atoms with Crippen molar-refractivity contribution in [2.24, 2.45) is 0 Å². The van der Waals surface area contributed by atoms with Gasteiger partial charge in [-0.3, -0.25) is 4.40 Å². The molecule has 1 aliphatic heterocycles. The van der Waals surface area contributed by atoms with Crippen LogP contribution >= 0.6 is 15.9 Å². The first kappa shape index (κ1) is 10.2. The van der Waals surface area contributed by atoms with Gasteiger partial charge in [-0.15, -0.1) is 10.2 Å². The van der Waals surface area contributed by atoms with Crippen molar-refractivity contribution in [1.82, 2.24) is 19.9 Å². The Morgan fingerprint density at radius 1 is 1.44 bits per heavy atom. The average Bonchev–Trinajstić information content (AvgIpc) is 2.83. The van der Waals surface area contributed by atoms with Crippen molar-refractivity contribution in [1.29, 1.82) is 0 Å². The van der Waals surface area contributed by atoms with Gasteiger partial charge in [0, 0.05) is 22.6 Å². The van der Waals surface area contributed by atoms with Crippen LogP contribution in [-0.4, -0.2) is 27.2 Å². The molecule has 0 aromatic carbocycles. The zero-order valence-corrected chi connectivity index (χ0v) is 10.6. The summed E-state index contributed by atoms with van der Waals surface area (Å²) in [7, 11) is 0. The Kier molecular flexibility index (Phi) is 2.44. The molecule has 0 bridgehead atoms. The van der Waals surface area contributed by atoms with Crippen molar-refractivity contribution in [3.63, 3.8) is 0 Å². The Bertz CT molecular complexity index is 522. The van der Waals surface area contributed by atoms with Crippen molar-refractivity contribution in [2.45, 2.75) is 25.3 Å². The van der Waals surface area contributed by atoms with Crippen LogP contribution in [0.5, 0.6) is 0 Å². The molecule has 0 spiro atoms. The maximum Gasteiger partial charge on any atom is 0.160 e. The summed E-state index contributed by atoms with van der Waals surface area (Å²) in [5.41, 5.74) is 0.914. The molecule has 16 heavy (non-hydrogen) atoms. The molecule has 0 saturated carbocycles. The first-order valence-electron chi connectivity index (χ1n) is 5.49. The highest BCUT2D eigenvalue weighted by Crippen LogP contribution is 2.27. The van der Waals surface area contributed by atoms with Crippen LogP contribution in [0.25, 0.3) is 5.65 Å². The molecule has 0 amide bonds. The smallest absolute Gasteiger partial charge is 0.160 e. The van der Waals surface area contributed by atoms with E-state index in [2.05, 4.69) is 42.8 Å². The van der Waals surface area contributed by atoms with Crippen LogP contribution in [-0.2, 0) is 0 Å².